The van der Waals surface area contributed by atoms with Crippen LogP contribution < -0.4 is 9.47 Å². The van der Waals surface area contributed by atoms with Crippen molar-refractivity contribution in [2.24, 2.45) is 0 Å². The summed E-state index contributed by atoms with van der Waals surface area (Å²) < 4.78 is 30.6. The molecule has 4 nitrogen and oxygen atoms in total. The molecule has 3 aromatic carbocycles. The molecule has 0 aliphatic heterocycles. The molecular formula is C25H25FO4. The van der Waals surface area contributed by atoms with Gasteiger partial charge in [-0.2, -0.15) is 0 Å². The molecule has 0 fully saturated rings. The Hall–Kier alpha value is -3.34. The first-order valence-corrected chi connectivity index (χ1v) is 10.0. The minimum absolute atomic E-state index is 0.201. The van der Waals surface area contributed by atoms with E-state index in [2.05, 4.69) is 0 Å². The Labute approximate surface area is 176 Å². The summed E-state index contributed by atoms with van der Waals surface area (Å²) in [6.45, 7) is 2.45. The summed E-state index contributed by atoms with van der Waals surface area (Å²) in [4.78, 5) is 11.4. The van der Waals surface area contributed by atoms with E-state index >= 15 is 0 Å². The van der Waals surface area contributed by atoms with E-state index in [4.69, 9.17) is 14.2 Å². The topological polar surface area (TPSA) is 44.8 Å². The summed E-state index contributed by atoms with van der Waals surface area (Å²) in [6.07, 6.45) is 1.29. The van der Waals surface area contributed by atoms with Gasteiger partial charge in [0.15, 0.2) is 11.6 Å². The highest BCUT2D eigenvalue weighted by molar-refractivity contribution is 5.69. The van der Waals surface area contributed by atoms with E-state index in [0.717, 1.165) is 22.6 Å². The maximum absolute atomic E-state index is 14.3. The average molecular weight is 408 g/mol. The molecule has 0 amide bonds. The van der Waals surface area contributed by atoms with Crippen molar-refractivity contribution in [1.82, 2.24) is 0 Å². The van der Waals surface area contributed by atoms with Crippen LogP contribution >= 0.6 is 0 Å². The van der Waals surface area contributed by atoms with Gasteiger partial charge in [-0.05, 0) is 60.9 Å². The van der Waals surface area contributed by atoms with Crippen LogP contribution in [-0.4, -0.2) is 19.2 Å². The molecule has 0 bridgehead atoms. The lowest BCUT2D eigenvalue weighted by molar-refractivity contribution is -0.143. The summed E-state index contributed by atoms with van der Waals surface area (Å²) in [6, 6.07) is 22.1. The molecule has 0 aliphatic rings. The predicted molar refractivity (Wildman–Crippen MR) is 114 cm³/mol. The highest BCUT2D eigenvalue weighted by Gasteiger charge is 2.08. The molecule has 5 heteroatoms. The van der Waals surface area contributed by atoms with Gasteiger partial charge in [-0.15, -0.1) is 0 Å². The summed E-state index contributed by atoms with van der Waals surface area (Å²) in [5, 5.41) is 0. The fourth-order valence-corrected chi connectivity index (χ4v) is 2.96. The Morgan fingerprint density at radius 3 is 2.40 bits per heavy atom. The highest BCUT2D eigenvalue weighted by atomic mass is 19.1. The third kappa shape index (κ3) is 6.62. The van der Waals surface area contributed by atoms with Crippen molar-refractivity contribution in [3.8, 4) is 17.2 Å². The van der Waals surface area contributed by atoms with Crippen LogP contribution in [0, 0.1) is 5.82 Å². The molecule has 0 N–H and O–H groups in total. The molecule has 0 spiro atoms. The molecule has 0 aromatic heterocycles. The minimum Gasteiger partial charge on any atom is -0.490 e. The first kappa shape index (κ1) is 21.4. The molecule has 0 heterocycles. The van der Waals surface area contributed by atoms with Crippen molar-refractivity contribution in [2.45, 2.75) is 26.2 Å². The van der Waals surface area contributed by atoms with Gasteiger partial charge in [-0.1, -0.05) is 36.4 Å². The smallest absolute Gasteiger partial charge is 0.306 e. The Kier molecular flexibility index (Phi) is 7.84. The molecule has 3 aromatic rings. The molecule has 0 atom stereocenters. The van der Waals surface area contributed by atoms with Crippen LogP contribution in [0.2, 0.25) is 0 Å². The van der Waals surface area contributed by atoms with Crippen molar-refractivity contribution in [3.05, 3.63) is 89.7 Å². The van der Waals surface area contributed by atoms with Crippen LogP contribution in [0.3, 0.4) is 0 Å². The first-order valence-electron chi connectivity index (χ1n) is 10.0. The number of carbonyl (C=O) groups is 1. The van der Waals surface area contributed by atoms with Crippen molar-refractivity contribution in [2.75, 3.05) is 13.2 Å². The Balaban J connectivity index is 1.50. The maximum Gasteiger partial charge on any atom is 0.306 e. The molecule has 0 saturated heterocycles. The van der Waals surface area contributed by atoms with Crippen molar-refractivity contribution in [3.63, 3.8) is 0 Å². The number of hydrogen-bond donors (Lipinski definition) is 0. The normalized spacial score (nSPS) is 10.5. The highest BCUT2D eigenvalue weighted by Crippen LogP contribution is 2.23. The average Bonchev–Trinajstić information content (AvgIpc) is 2.75. The number of esters is 1. The number of halogens is 1. The van der Waals surface area contributed by atoms with E-state index < -0.39 is 5.82 Å². The summed E-state index contributed by atoms with van der Waals surface area (Å²) in [7, 11) is 0. The van der Waals surface area contributed by atoms with Gasteiger partial charge in [-0.3, -0.25) is 4.79 Å². The molecule has 0 saturated carbocycles. The minimum atomic E-state index is -0.433. The van der Waals surface area contributed by atoms with Gasteiger partial charge in [-0.25, -0.2) is 4.39 Å². The molecule has 3 rings (SSSR count). The number of para-hydroxylation sites is 1. The third-order valence-corrected chi connectivity index (χ3v) is 4.45. The van der Waals surface area contributed by atoms with Crippen LogP contribution in [0.15, 0.2) is 72.8 Å². The molecule has 0 aliphatic carbocycles. The van der Waals surface area contributed by atoms with Gasteiger partial charge in [0.2, 0.25) is 0 Å². The van der Waals surface area contributed by atoms with Crippen molar-refractivity contribution in [1.29, 1.82) is 0 Å². The SMILES string of the molecule is CCOC(=O)CCc1ccc(OCCc2cccc(Oc3ccccc3)c2)c(F)c1. The zero-order valence-electron chi connectivity index (χ0n) is 17.0. The monoisotopic (exact) mass is 408 g/mol. The lowest BCUT2D eigenvalue weighted by Gasteiger charge is -2.10. The predicted octanol–water partition coefficient (Wildman–Crippen LogP) is 5.74. The summed E-state index contributed by atoms with van der Waals surface area (Å²) >= 11 is 0. The number of aryl methyl sites for hydroxylation is 1. The summed E-state index contributed by atoms with van der Waals surface area (Å²) in [5.41, 5.74) is 1.77. The lowest BCUT2D eigenvalue weighted by Crippen LogP contribution is -2.06. The second kappa shape index (κ2) is 11.0. The van der Waals surface area contributed by atoms with E-state index in [1.165, 1.54) is 6.07 Å². The number of carbonyl (C=O) groups excluding carboxylic acids is 1. The second-order valence-corrected chi connectivity index (χ2v) is 6.73. The van der Waals surface area contributed by atoms with E-state index in [-0.39, 0.29) is 18.1 Å². The molecule has 0 radical (unpaired) electrons. The van der Waals surface area contributed by atoms with Crippen LogP contribution in [0.5, 0.6) is 17.2 Å². The van der Waals surface area contributed by atoms with Crippen LogP contribution in [-0.2, 0) is 22.4 Å². The van der Waals surface area contributed by atoms with Gasteiger partial charge in [0.25, 0.3) is 0 Å². The zero-order chi connectivity index (χ0) is 21.2. The van der Waals surface area contributed by atoms with Gasteiger partial charge < -0.3 is 14.2 Å². The number of ether oxygens (including phenoxy) is 3. The standard InChI is InChI=1S/C25H25FO4/c1-2-28-25(27)14-12-20-11-13-24(23(26)18-20)29-16-15-19-7-6-10-22(17-19)30-21-8-4-3-5-9-21/h3-11,13,17-18H,2,12,14-16H2,1H3. The molecule has 30 heavy (non-hydrogen) atoms. The van der Waals surface area contributed by atoms with E-state index in [9.17, 15) is 9.18 Å². The Morgan fingerprint density at radius 2 is 1.63 bits per heavy atom. The van der Waals surface area contributed by atoms with Gasteiger partial charge in [0, 0.05) is 12.8 Å². The Bertz CT molecular complexity index is 956. The van der Waals surface area contributed by atoms with Crippen LogP contribution in [0.25, 0.3) is 0 Å². The maximum atomic E-state index is 14.3. The largest absolute Gasteiger partial charge is 0.490 e. The Morgan fingerprint density at radius 1 is 0.867 bits per heavy atom. The molecule has 156 valence electrons. The van der Waals surface area contributed by atoms with Crippen LogP contribution in [0.4, 0.5) is 4.39 Å². The van der Waals surface area contributed by atoms with Crippen molar-refractivity contribution >= 4 is 5.97 Å². The van der Waals surface area contributed by atoms with Gasteiger partial charge >= 0.3 is 5.97 Å². The van der Waals surface area contributed by atoms with E-state index in [0.29, 0.717) is 26.1 Å². The first-order chi connectivity index (χ1) is 14.6. The number of benzene rings is 3. The summed E-state index contributed by atoms with van der Waals surface area (Å²) in [5.74, 6) is 1.01. The van der Waals surface area contributed by atoms with Crippen LogP contribution in [0.1, 0.15) is 24.5 Å². The fourth-order valence-electron chi connectivity index (χ4n) is 2.96. The van der Waals surface area contributed by atoms with E-state index in [1.54, 1.807) is 19.1 Å². The lowest BCUT2D eigenvalue weighted by atomic mass is 10.1. The fraction of sp³-hybridized carbons (Fsp3) is 0.240. The number of rotatable bonds is 10. The van der Waals surface area contributed by atoms with E-state index in [1.807, 2.05) is 54.6 Å². The van der Waals surface area contributed by atoms with Crippen molar-refractivity contribution < 1.29 is 23.4 Å². The third-order valence-electron chi connectivity index (χ3n) is 4.45. The van der Waals surface area contributed by atoms with Gasteiger partial charge in [0.1, 0.15) is 11.5 Å². The molecule has 0 unspecified atom stereocenters. The van der Waals surface area contributed by atoms with Gasteiger partial charge in [0.05, 0.1) is 13.2 Å². The zero-order valence-corrected chi connectivity index (χ0v) is 17.0. The number of hydrogen-bond acceptors (Lipinski definition) is 4. The molecular weight excluding hydrogens is 383 g/mol. The quantitative estimate of drug-likeness (QED) is 0.402. The second-order valence-electron chi connectivity index (χ2n) is 6.73.